The summed E-state index contributed by atoms with van der Waals surface area (Å²) in [5.74, 6) is -0.770. The van der Waals surface area contributed by atoms with E-state index in [0.717, 1.165) is 12.1 Å². The standard InChI is InChI=1S/C12H10F2N2O4/c1-2-20-9(17)5-7-3-4-8(6-15)11(16(18)19)10(7)12(13)14/h3-4,12H,2,5H2,1H3. The second-order valence-electron chi connectivity index (χ2n) is 3.69. The van der Waals surface area contributed by atoms with Crippen molar-refractivity contribution in [3.8, 4) is 6.07 Å². The third-order valence-electron chi connectivity index (χ3n) is 2.47. The number of nitro benzene ring substituents is 1. The van der Waals surface area contributed by atoms with Gasteiger partial charge in [0, 0.05) is 0 Å². The Balaban J connectivity index is 3.39. The van der Waals surface area contributed by atoms with Crippen molar-refractivity contribution >= 4 is 11.7 Å². The van der Waals surface area contributed by atoms with Crippen LogP contribution in [0, 0.1) is 21.4 Å². The fourth-order valence-corrected chi connectivity index (χ4v) is 1.70. The zero-order chi connectivity index (χ0) is 15.3. The highest BCUT2D eigenvalue weighted by Gasteiger charge is 2.30. The maximum Gasteiger partial charge on any atom is 0.310 e. The van der Waals surface area contributed by atoms with Crippen molar-refractivity contribution < 1.29 is 23.2 Å². The van der Waals surface area contributed by atoms with Gasteiger partial charge in [0.2, 0.25) is 0 Å². The first kappa shape index (κ1) is 15.5. The molecule has 6 nitrogen and oxygen atoms in total. The van der Waals surface area contributed by atoms with Crippen LogP contribution in [-0.2, 0) is 16.0 Å². The van der Waals surface area contributed by atoms with Gasteiger partial charge in [0.1, 0.15) is 17.2 Å². The number of hydrogen-bond donors (Lipinski definition) is 0. The van der Waals surface area contributed by atoms with E-state index in [-0.39, 0.29) is 12.2 Å². The molecule has 0 aliphatic rings. The monoisotopic (exact) mass is 284 g/mol. The van der Waals surface area contributed by atoms with E-state index >= 15 is 0 Å². The first-order valence-electron chi connectivity index (χ1n) is 5.56. The summed E-state index contributed by atoms with van der Waals surface area (Å²) in [4.78, 5) is 21.1. The maximum atomic E-state index is 13.0. The molecule has 1 aromatic carbocycles. The van der Waals surface area contributed by atoms with E-state index in [1.54, 1.807) is 6.92 Å². The first-order valence-corrected chi connectivity index (χ1v) is 5.56. The van der Waals surface area contributed by atoms with E-state index in [2.05, 4.69) is 4.74 Å². The second-order valence-corrected chi connectivity index (χ2v) is 3.69. The number of benzene rings is 1. The summed E-state index contributed by atoms with van der Waals surface area (Å²) in [6, 6.07) is 3.63. The Bertz CT molecular complexity index is 582. The Labute approximate surface area is 112 Å². The number of carbonyl (C=O) groups excluding carboxylic acids is 1. The molecule has 0 aromatic heterocycles. The molecular weight excluding hydrogens is 274 g/mol. The quantitative estimate of drug-likeness (QED) is 0.470. The number of hydrogen-bond acceptors (Lipinski definition) is 5. The molecule has 0 N–H and O–H groups in total. The Hall–Kier alpha value is -2.56. The summed E-state index contributed by atoms with van der Waals surface area (Å²) in [7, 11) is 0. The molecule has 1 aromatic rings. The zero-order valence-corrected chi connectivity index (χ0v) is 10.4. The normalized spacial score (nSPS) is 10.2. The predicted octanol–water partition coefficient (Wildman–Crippen LogP) is 2.51. The van der Waals surface area contributed by atoms with Crippen LogP contribution in [0.3, 0.4) is 0 Å². The summed E-state index contributed by atoms with van der Waals surface area (Å²) in [6.07, 6.45) is -3.69. The van der Waals surface area contributed by atoms with E-state index in [1.165, 1.54) is 6.07 Å². The van der Waals surface area contributed by atoms with Crippen LogP contribution in [0.2, 0.25) is 0 Å². The number of esters is 1. The van der Waals surface area contributed by atoms with Gasteiger partial charge in [-0.1, -0.05) is 6.07 Å². The minimum Gasteiger partial charge on any atom is -0.466 e. The van der Waals surface area contributed by atoms with Crippen LogP contribution in [-0.4, -0.2) is 17.5 Å². The number of nitrogens with zero attached hydrogens (tertiary/aromatic N) is 2. The lowest BCUT2D eigenvalue weighted by molar-refractivity contribution is -0.386. The smallest absolute Gasteiger partial charge is 0.310 e. The minimum absolute atomic E-state index is 0.0707. The SMILES string of the molecule is CCOC(=O)Cc1ccc(C#N)c([N+](=O)[O-])c1C(F)F. The number of nitriles is 1. The molecule has 0 saturated carbocycles. The Kier molecular flexibility index (Phi) is 5.08. The van der Waals surface area contributed by atoms with Gasteiger partial charge in [-0.3, -0.25) is 14.9 Å². The fourth-order valence-electron chi connectivity index (χ4n) is 1.70. The van der Waals surface area contributed by atoms with Crippen LogP contribution >= 0.6 is 0 Å². The number of alkyl halides is 2. The second kappa shape index (κ2) is 6.56. The molecule has 0 heterocycles. The van der Waals surface area contributed by atoms with Crippen LogP contribution in [0.25, 0.3) is 0 Å². The van der Waals surface area contributed by atoms with Gasteiger partial charge in [-0.05, 0) is 18.6 Å². The van der Waals surface area contributed by atoms with Crippen molar-refractivity contribution in [3.63, 3.8) is 0 Å². The van der Waals surface area contributed by atoms with E-state index in [1.807, 2.05) is 0 Å². The summed E-state index contributed by atoms with van der Waals surface area (Å²) >= 11 is 0. The molecule has 106 valence electrons. The third-order valence-corrected chi connectivity index (χ3v) is 2.47. The molecule has 0 saturated heterocycles. The van der Waals surface area contributed by atoms with Crippen LogP contribution < -0.4 is 0 Å². The number of ether oxygens (including phenoxy) is 1. The highest BCUT2D eigenvalue weighted by molar-refractivity contribution is 5.74. The molecule has 0 bridgehead atoms. The minimum atomic E-state index is -3.17. The molecule has 0 aliphatic heterocycles. The van der Waals surface area contributed by atoms with Gasteiger partial charge >= 0.3 is 5.97 Å². The van der Waals surface area contributed by atoms with Gasteiger partial charge in [-0.25, -0.2) is 8.78 Å². The number of nitro groups is 1. The zero-order valence-electron chi connectivity index (χ0n) is 10.4. The first-order chi connectivity index (χ1) is 9.42. The average Bonchev–Trinajstić information content (AvgIpc) is 2.37. The molecule has 1 rings (SSSR count). The lowest BCUT2D eigenvalue weighted by Crippen LogP contribution is -2.11. The number of rotatable bonds is 5. The number of carbonyl (C=O) groups is 1. The molecular formula is C12H10F2N2O4. The van der Waals surface area contributed by atoms with Crippen molar-refractivity contribution in [2.45, 2.75) is 19.8 Å². The van der Waals surface area contributed by atoms with Crippen LogP contribution in [0.1, 0.15) is 30.0 Å². The van der Waals surface area contributed by atoms with Gasteiger partial charge in [-0.2, -0.15) is 5.26 Å². The molecule has 0 fully saturated rings. The predicted molar refractivity (Wildman–Crippen MR) is 63.1 cm³/mol. The van der Waals surface area contributed by atoms with Crippen molar-refractivity contribution in [2.24, 2.45) is 0 Å². The molecule has 8 heteroatoms. The fraction of sp³-hybridized carbons (Fsp3) is 0.333. The van der Waals surface area contributed by atoms with Gasteiger partial charge in [0.05, 0.1) is 18.0 Å². The highest BCUT2D eigenvalue weighted by Crippen LogP contribution is 2.35. The van der Waals surface area contributed by atoms with Crippen molar-refractivity contribution in [2.75, 3.05) is 6.61 Å². The van der Waals surface area contributed by atoms with Crippen LogP contribution in [0.4, 0.5) is 14.5 Å². The molecule has 0 atom stereocenters. The topological polar surface area (TPSA) is 93.2 Å². The summed E-state index contributed by atoms with van der Waals surface area (Å²) < 4.78 is 30.7. The molecule has 0 unspecified atom stereocenters. The molecule has 20 heavy (non-hydrogen) atoms. The Morgan fingerprint density at radius 1 is 1.55 bits per heavy atom. The van der Waals surface area contributed by atoms with Gasteiger partial charge in [-0.15, -0.1) is 0 Å². The third kappa shape index (κ3) is 3.26. The summed E-state index contributed by atoms with van der Waals surface area (Å²) in [5.41, 5.74) is -2.58. The lowest BCUT2D eigenvalue weighted by Gasteiger charge is -2.10. The summed E-state index contributed by atoms with van der Waals surface area (Å²) in [5, 5.41) is 19.6. The largest absolute Gasteiger partial charge is 0.466 e. The molecule has 0 amide bonds. The van der Waals surface area contributed by atoms with E-state index in [9.17, 15) is 23.7 Å². The van der Waals surface area contributed by atoms with E-state index < -0.39 is 40.6 Å². The van der Waals surface area contributed by atoms with Crippen molar-refractivity contribution in [1.29, 1.82) is 5.26 Å². The molecule has 0 radical (unpaired) electrons. The lowest BCUT2D eigenvalue weighted by atomic mass is 9.99. The van der Waals surface area contributed by atoms with Crippen LogP contribution in [0.5, 0.6) is 0 Å². The number of halogens is 2. The molecule has 0 aliphatic carbocycles. The summed E-state index contributed by atoms with van der Waals surface area (Å²) in [6.45, 7) is 1.62. The van der Waals surface area contributed by atoms with E-state index in [0.29, 0.717) is 0 Å². The van der Waals surface area contributed by atoms with Crippen molar-refractivity contribution in [3.05, 3.63) is 38.9 Å². The average molecular weight is 284 g/mol. The van der Waals surface area contributed by atoms with Gasteiger partial charge < -0.3 is 4.74 Å². The Morgan fingerprint density at radius 2 is 2.20 bits per heavy atom. The van der Waals surface area contributed by atoms with Crippen molar-refractivity contribution in [1.82, 2.24) is 0 Å². The maximum absolute atomic E-state index is 13.0. The van der Waals surface area contributed by atoms with Crippen LogP contribution in [0.15, 0.2) is 12.1 Å². The van der Waals surface area contributed by atoms with E-state index in [4.69, 9.17) is 5.26 Å². The molecule has 0 spiro atoms. The Morgan fingerprint density at radius 3 is 2.65 bits per heavy atom. The van der Waals surface area contributed by atoms with Gasteiger partial charge in [0.15, 0.2) is 0 Å². The van der Waals surface area contributed by atoms with Gasteiger partial charge in [0.25, 0.3) is 12.1 Å². The highest BCUT2D eigenvalue weighted by atomic mass is 19.3.